The Morgan fingerprint density at radius 2 is 1.35 bits per heavy atom. The smallest absolute Gasteiger partial charge is 0.138 e. The second kappa shape index (κ2) is 12.8. The quantitative estimate of drug-likeness (QED) is 0.159. The van der Waals surface area contributed by atoms with Crippen molar-refractivity contribution < 1.29 is 13.9 Å². The van der Waals surface area contributed by atoms with Crippen molar-refractivity contribution in [1.29, 1.82) is 0 Å². The summed E-state index contributed by atoms with van der Waals surface area (Å²) >= 11 is 0. The molecule has 0 amide bonds. The topological polar surface area (TPSA) is 81.6 Å². The lowest BCUT2D eigenvalue weighted by Gasteiger charge is -2.36. The molecule has 0 aliphatic heterocycles. The number of hydrogen-bond acceptors (Lipinski definition) is 5. The van der Waals surface area contributed by atoms with E-state index in [-0.39, 0.29) is 12.1 Å². The van der Waals surface area contributed by atoms with E-state index in [9.17, 15) is 9.50 Å². The van der Waals surface area contributed by atoms with Gasteiger partial charge in [0.2, 0.25) is 0 Å². The number of halogens is 2. The predicted molar refractivity (Wildman–Crippen MR) is 179 cm³/mol. The third-order valence-electron chi connectivity index (χ3n) is 9.05. The van der Waals surface area contributed by atoms with Gasteiger partial charge in [0.15, 0.2) is 0 Å². The summed E-state index contributed by atoms with van der Waals surface area (Å²) in [4.78, 5) is 8.68. The minimum Gasteiger partial charge on any atom is -0.382 e. The highest BCUT2D eigenvalue weighted by molar-refractivity contribution is 5.62. The molecule has 7 aromatic rings. The largest absolute Gasteiger partial charge is 0.382 e. The van der Waals surface area contributed by atoms with E-state index in [4.69, 9.17) is 10.1 Å². The first-order valence-electron chi connectivity index (χ1n) is 15.6. The van der Waals surface area contributed by atoms with Gasteiger partial charge in [-0.25, -0.2) is 18.4 Å². The molecule has 238 valence electrons. The van der Waals surface area contributed by atoms with Crippen LogP contribution in [0.5, 0.6) is 0 Å². The molecule has 0 radical (unpaired) electrons. The predicted octanol–water partition coefficient (Wildman–Crippen LogP) is 7.35. The number of hydrogen-bond donors (Lipinski definition) is 1. The summed E-state index contributed by atoms with van der Waals surface area (Å²) in [6, 6.07) is 37.8. The summed E-state index contributed by atoms with van der Waals surface area (Å²) in [5.74, 6) is -2.29. The van der Waals surface area contributed by atoms with Crippen LogP contribution in [-0.2, 0) is 17.7 Å². The maximum atomic E-state index is 15.1. The second-order valence-corrected chi connectivity index (χ2v) is 11.8. The van der Waals surface area contributed by atoms with Gasteiger partial charge in [0.25, 0.3) is 0 Å². The molecule has 0 saturated heterocycles. The standard InChI is InChI=1S/C39H32F2N6O/c1-28(38(48,25-46-27-42-26-45-46)35-19-18-34(40)21-36(35)41)37-20-17-29(22-43-37)30-23-44-47(24-30)39(31-11-5-2-6-12-31,32-13-7-3-8-14-32)33-15-9-4-10-16-33/h2-24,26-28,48H,25H2,1H3. The van der Waals surface area contributed by atoms with Crippen molar-refractivity contribution in [3.63, 3.8) is 0 Å². The molecule has 4 aromatic carbocycles. The molecule has 3 heterocycles. The Morgan fingerprint density at radius 1 is 0.729 bits per heavy atom. The summed E-state index contributed by atoms with van der Waals surface area (Å²) in [6.45, 7) is 1.64. The lowest BCUT2D eigenvalue weighted by atomic mass is 9.77. The van der Waals surface area contributed by atoms with E-state index in [0.717, 1.165) is 39.9 Å². The Hall–Kier alpha value is -5.80. The zero-order chi connectivity index (χ0) is 33.1. The molecule has 7 nitrogen and oxygen atoms in total. The van der Waals surface area contributed by atoms with Gasteiger partial charge in [-0.2, -0.15) is 10.2 Å². The maximum absolute atomic E-state index is 15.1. The number of pyridine rings is 1. The fraction of sp³-hybridized carbons (Fsp3) is 0.128. The van der Waals surface area contributed by atoms with Crippen LogP contribution in [0, 0.1) is 11.6 Å². The first-order valence-corrected chi connectivity index (χ1v) is 15.6. The minimum atomic E-state index is -1.81. The third-order valence-corrected chi connectivity index (χ3v) is 9.05. The van der Waals surface area contributed by atoms with Crippen molar-refractivity contribution in [2.45, 2.75) is 30.5 Å². The summed E-state index contributed by atoms with van der Waals surface area (Å²) in [5, 5.41) is 21.1. The van der Waals surface area contributed by atoms with Crippen LogP contribution in [0.1, 0.15) is 40.8 Å². The third kappa shape index (κ3) is 5.48. The Labute approximate surface area is 276 Å². The Bertz CT molecular complexity index is 2010. The van der Waals surface area contributed by atoms with Gasteiger partial charge in [-0.05, 0) is 28.8 Å². The average Bonchev–Trinajstić information content (AvgIpc) is 3.83. The van der Waals surface area contributed by atoms with E-state index in [1.165, 1.54) is 23.4 Å². The molecule has 0 aliphatic carbocycles. The molecule has 0 bridgehead atoms. The van der Waals surface area contributed by atoms with E-state index in [2.05, 4.69) is 46.5 Å². The van der Waals surface area contributed by atoms with E-state index >= 15 is 4.39 Å². The Balaban J connectivity index is 1.28. The molecule has 7 rings (SSSR count). The van der Waals surface area contributed by atoms with Gasteiger partial charge >= 0.3 is 0 Å². The summed E-state index contributed by atoms with van der Waals surface area (Å²) in [6.07, 6.45) is 8.33. The molecular weight excluding hydrogens is 606 g/mol. The lowest BCUT2D eigenvalue weighted by molar-refractivity contribution is -0.0123. The first-order chi connectivity index (χ1) is 23.4. The van der Waals surface area contributed by atoms with Crippen LogP contribution in [0.3, 0.4) is 0 Å². The molecule has 48 heavy (non-hydrogen) atoms. The number of aromatic nitrogens is 6. The highest BCUT2D eigenvalue weighted by Gasteiger charge is 2.41. The van der Waals surface area contributed by atoms with Crippen molar-refractivity contribution in [2.24, 2.45) is 0 Å². The number of benzene rings is 4. The van der Waals surface area contributed by atoms with Gasteiger partial charge in [-0.15, -0.1) is 0 Å². The molecule has 0 spiro atoms. The zero-order valence-corrected chi connectivity index (χ0v) is 26.1. The van der Waals surface area contributed by atoms with Crippen LogP contribution in [-0.4, -0.2) is 34.6 Å². The summed E-state index contributed by atoms with van der Waals surface area (Å²) in [5.41, 5.74) is 2.70. The summed E-state index contributed by atoms with van der Waals surface area (Å²) < 4.78 is 32.4. The number of aliphatic hydroxyl groups is 1. The van der Waals surface area contributed by atoms with Crippen LogP contribution >= 0.6 is 0 Å². The molecule has 3 aromatic heterocycles. The van der Waals surface area contributed by atoms with Gasteiger partial charge < -0.3 is 5.11 Å². The van der Waals surface area contributed by atoms with E-state index in [0.29, 0.717) is 5.69 Å². The average molecular weight is 639 g/mol. The van der Waals surface area contributed by atoms with Crippen molar-refractivity contribution >= 4 is 0 Å². The molecule has 1 N–H and O–H groups in total. The molecule has 2 unspecified atom stereocenters. The van der Waals surface area contributed by atoms with Gasteiger partial charge in [0.05, 0.1) is 12.7 Å². The van der Waals surface area contributed by atoms with Crippen LogP contribution in [0.4, 0.5) is 8.78 Å². The van der Waals surface area contributed by atoms with Crippen LogP contribution in [0.25, 0.3) is 11.1 Å². The molecule has 0 aliphatic rings. The van der Waals surface area contributed by atoms with Crippen molar-refractivity contribution in [2.75, 3.05) is 0 Å². The Kier molecular flexibility index (Phi) is 8.20. The van der Waals surface area contributed by atoms with Gasteiger partial charge in [0.1, 0.15) is 35.4 Å². The van der Waals surface area contributed by atoms with Crippen LogP contribution in [0.2, 0.25) is 0 Å². The lowest BCUT2D eigenvalue weighted by Crippen LogP contribution is -2.38. The molecule has 0 fully saturated rings. The first kappa shape index (κ1) is 30.8. The molecular formula is C39H32F2N6O. The zero-order valence-electron chi connectivity index (χ0n) is 26.1. The van der Waals surface area contributed by atoms with Crippen molar-refractivity contribution in [3.05, 3.63) is 192 Å². The molecule has 2 atom stereocenters. The monoisotopic (exact) mass is 638 g/mol. The normalized spacial score (nSPS) is 13.6. The Morgan fingerprint density at radius 3 is 1.88 bits per heavy atom. The van der Waals surface area contributed by atoms with Gasteiger partial charge in [-0.3, -0.25) is 9.67 Å². The fourth-order valence-corrected chi connectivity index (χ4v) is 6.52. The SMILES string of the molecule is CC(c1ccc(-c2cnn(C(c3ccccc3)(c3ccccc3)c3ccccc3)c2)cn1)C(O)(Cn1cncn1)c1ccc(F)cc1F. The number of nitrogens with zero attached hydrogens (tertiary/aromatic N) is 6. The highest BCUT2D eigenvalue weighted by atomic mass is 19.1. The van der Waals surface area contributed by atoms with Crippen molar-refractivity contribution in [3.8, 4) is 11.1 Å². The second-order valence-electron chi connectivity index (χ2n) is 11.8. The van der Waals surface area contributed by atoms with Crippen molar-refractivity contribution in [1.82, 2.24) is 29.5 Å². The van der Waals surface area contributed by atoms with Gasteiger partial charge in [0, 0.05) is 46.8 Å². The van der Waals surface area contributed by atoms with Crippen LogP contribution in [0.15, 0.2) is 153 Å². The number of rotatable bonds is 10. The highest BCUT2D eigenvalue weighted by Crippen LogP contribution is 2.42. The fourth-order valence-electron chi connectivity index (χ4n) is 6.52. The maximum Gasteiger partial charge on any atom is 0.138 e. The van der Waals surface area contributed by atoms with Crippen LogP contribution < -0.4 is 0 Å². The minimum absolute atomic E-state index is 0.0573. The van der Waals surface area contributed by atoms with E-state index in [1.54, 1.807) is 13.1 Å². The van der Waals surface area contributed by atoms with Gasteiger partial charge in [-0.1, -0.05) is 110 Å². The van der Waals surface area contributed by atoms with E-state index < -0.39 is 28.7 Å². The summed E-state index contributed by atoms with van der Waals surface area (Å²) in [7, 11) is 0. The molecule has 9 heteroatoms. The van der Waals surface area contributed by atoms with E-state index in [1.807, 2.05) is 83.8 Å². The molecule has 0 saturated carbocycles.